The highest BCUT2D eigenvalue weighted by Gasteiger charge is 2.11. The number of hydrogen-bond acceptors (Lipinski definition) is 2. The van der Waals surface area contributed by atoms with Crippen LogP contribution in [0.25, 0.3) is 0 Å². The second-order valence-corrected chi connectivity index (χ2v) is 5.60. The van der Waals surface area contributed by atoms with Gasteiger partial charge in [-0.25, -0.2) is 0 Å². The molecule has 0 amide bonds. The van der Waals surface area contributed by atoms with Crippen LogP contribution in [0.5, 0.6) is 0 Å². The zero-order valence-corrected chi connectivity index (χ0v) is 12.7. The summed E-state index contributed by atoms with van der Waals surface area (Å²) >= 11 is 0. The first-order chi connectivity index (χ1) is 9.81. The van der Waals surface area contributed by atoms with Crippen molar-refractivity contribution in [2.24, 2.45) is 0 Å². The molecular weight excluding hydrogens is 246 g/mol. The maximum absolute atomic E-state index is 5.52. The highest BCUT2D eigenvalue weighted by Crippen LogP contribution is 2.24. The smallest absolute Gasteiger partial charge is 0.0591 e. The van der Waals surface area contributed by atoms with E-state index in [2.05, 4.69) is 37.0 Å². The van der Waals surface area contributed by atoms with Crippen LogP contribution in [0.1, 0.15) is 48.9 Å². The Hall–Kier alpha value is -1.12. The predicted molar refractivity (Wildman–Crippen MR) is 85.1 cm³/mol. The standard InChI is InChI=1S/C18H27NO/c1-3-4-12-20-13-11-19-15(2)17-10-9-16-7-5-6-8-18(16)14-17/h3,9-10,14-15,19H,1,4-8,11-13H2,2H3. The van der Waals surface area contributed by atoms with E-state index in [1.165, 1.54) is 31.2 Å². The van der Waals surface area contributed by atoms with Crippen LogP contribution in [0, 0.1) is 0 Å². The summed E-state index contributed by atoms with van der Waals surface area (Å²) in [6, 6.07) is 7.39. The third-order valence-corrected chi connectivity index (χ3v) is 4.04. The molecule has 0 spiro atoms. The van der Waals surface area contributed by atoms with Crippen LogP contribution in [0.15, 0.2) is 30.9 Å². The monoisotopic (exact) mass is 273 g/mol. The first-order valence-electron chi connectivity index (χ1n) is 7.85. The fraction of sp³-hybridized carbons (Fsp3) is 0.556. The van der Waals surface area contributed by atoms with Gasteiger partial charge in [-0.1, -0.05) is 24.3 Å². The topological polar surface area (TPSA) is 21.3 Å². The van der Waals surface area contributed by atoms with Gasteiger partial charge in [-0.05, 0) is 55.7 Å². The molecule has 0 saturated carbocycles. The van der Waals surface area contributed by atoms with Crippen molar-refractivity contribution < 1.29 is 4.74 Å². The van der Waals surface area contributed by atoms with Crippen LogP contribution in [0.4, 0.5) is 0 Å². The van der Waals surface area contributed by atoms with Crippen molar-refractivity contribution in [3.8, 4) is 0 Å². The third kappa shape index (κ3) is 4.46. The van der Waals surface area contributed by atoms with Crippen LogP contribution in [-0.2, 0) is 17.6 Å². The first kappa shape index (κ1) is 15.3. The van der Waals surface area contributed by atoms with E-state index in [9.17, 15) is 0 Å². The van der Waals surface area contributed by atoms with Crippen LogP contribution >= 0.6 is 0 Å². The van der Waals surface area contributed by atoms with Gasteiger partial charge < -0.3 is 10.1 Å². The average molecular weight is 273 g/mol. The summed E-state index contributed by atoms with van der Waals surface area (Å²) in [6.07, 6.45) is 8.02. The molecule has 2 nitrogen and oxygen atoms in total. The molecular formula is C18H27NO. The minimum atomic E-state index is 0.394. The molecule has 0 fully saturated rings. The predicted octanol–water partition coefficient (Wildman–Crippen LogP) is 3.81. The lowest BCUT2D eigenvalue weighted by Crippen LogP contribution is -2.23. The molecule has 1 aromatic carbocycles. The van der Waals surface area contributed by atoms with E-state index in [1.807, 2.05) is 6.08 Å². The molecule has 1 N–H and O–H groups in total. The van der Waals surface area contributed by atoms with Gasteiger partial charge in [0.15, 0.2) is 0 Å². The second kappa shape index (κ2) is 8.23. The zero-order chi connectivity index (χ0) is 14.2. The third-order valence-electron chi connectivity index (χ3n) is 4.04. The van der Waals surface area contributed by atoms with Gasteiger partial charge in [0.1, 0.15) is 0 Å². The quantitative estimate of drug-likeness (QED) is 0.574. The summed E-state index contributed by atoms with van der Waals surface area (Å²) in [7, 11) is 0. The van der Waals surface area contributed by atoms with Crippen LogP contribution < -0.4 is 5.32 Å². The molecule has 2 rings (SSSR count). The van der Waals surface area contributed by atoms with Crippen molar-refractivity contribution in [3.63, 3.8) is 0 Å². The van der Waals surface area contributed by atoms with Gasteiger partial charge in [0.25, 0.3) is 0 Å². The molecule has 0 bridgehead atoms. The van der Waals surface area contributed by atoms with Crippen LogP contribution in [0.3, 0.4) is 0 Å². The highest BCUT2D eigenvalue weighted by atomic mass is 16.5. The lowest BCUT2D eigenvalue weighted by atomic mass is 9.89. The van der Waals surface area contributed by atoms with Gasteiger partial charge >= 0.3 is 0 Å². The summed E-state index contributed by atoms with van der Waals surface area (Å²) in [5.41, 5.74) is 4.52. The lowest BCUT2D eigenvalue weighted by Gasteiger charge is -2.20. The van der Waals surface area contributed by atoms with Crippen LogP contribution in [-0.4, -0.2) is 19.8 Å². The molecule has 2 heteroatoms. The van der Waals surface area contributed by atoms with Gasteiger partial charge in [0, 0.05) is 12.6 Å². The number of rotatable bonds is 8. The van der Waals surface area contributed by atoms with Gasteiger partial charge in [-0.15, -0.1) is 6.58 Å². The highest BCUT2D eigenvalue weighted by molar-refractivity contribution is 5.35. The van der Waals surface area contributed by atoms with Crippen molar-refractivity contribution in [1.82, 2.24) is 5.32 Å². The maximum Gasteiger partial charge on any atom is 0.0591 e. The molecule has 0 saturated heterocycles. The average Bonchev–Trinajstić information content (AvgIpc) is 2.50. The van der Waals surface area contributed by atoms with E-state index < -0.39 is 0 Å². The molecule has 110 valence electrons. The molecule has 1 unspecified atom stereocenters. The van der Waals surface area contributed by atoms with Crippen molar-refractivity contribution in [1.29, 1.82) is 0 Å². The van der Waals surface area contributed by atoms with E-state index in [-0.39, 0.29) is 0 Å². The number of ether oxygens (including phenoxy) is 1. The van der Waals surface area contributed by atoms with E-state index >= 15 is 0 Å². The summed E-state index contributed by atoms with van der Waals surface area (Å²) in [5.74, 6) is 0. The van der Waals surface area contributed by atoms with E-state index in [1.54, 1.807) is 11.1 Å². The Balaban J connectivity index is 1.77. The molecule has 1 aliphatic rings. The molecule has 1 aliphatic carbocycles. The Kier molecular flexibility index (Phi) is 6.28. The lowest BCUT2D eigenvalue weighted by molar-refractivity contribution is 0.138. The molecule has 1 aromatic rings. The number of aryl methyl sites for hydroxylation is 2. The summed E-state index contributed by atoms with van der Waals surface area (Å²) < 4.78 is 5.52. The molecule has 0 radical (unpaired) electrons. The van der Waals surface area contributed by atoms with Crippen molar-refractivity contribution in [2.75, 3.05) is 19.8 Å². The molecule has 0 aliphatic heterocycles. The Bertz CT molecular complexity index is 427. The second-order valence-electron chi connectivity index (χ2n) is 5.60. The van der Waals surface area contributed by atoms with Crippen molar-refractivity contribution in [3.05, 3.63) is 47.5 Å². The number of nitrogens with one attached hydrogen (secondary N) is 1. The van der Waals surface area contributed by atoms with E-state index in [4.69, 9.17) is 4.74 Å². The Morgan fingerprint density at radius 3 is 2.85 bits per heavy atom. The summed E-state index contributed by atoms with van der Waals surface area (Å²) in [4.78, 5) is 0. The molecule has 20 heavy (non-hydrogen) atoms. The zero-order valence-electron chi connectivity index (χ0n) is 12.7. The number of hydrogen-bond donors (Lipinski definition) is 1. The summed E-state index contributed by atoms with van der Waals surface area (Å²) in [6.45, 7) is 8.36. The van der Waals surface area contributed by atoms with Gasteiger partial charge in [0.2, 0.25) is 0 Å². The fourth-order valence-corrected chi connectivity index (χ4v) is 2.76. The molecule has 0 heterocycles. The Labute approximate surface area is 123 Å². The van der Waals surface area contributed by atoms with Crippen molar-refractivity contribution in [2.45, 2.75) is 45.1 Å². The van der Waals surface area contributed by atoms with Gasteiger partial charge in [-0.2, -0.15) is 0 Å². The molecule has 1 atom stereocenters. The van der Waals surface area contributed by atoms with Crippen molar-refractivity contribution >= 4 is 0 Å². The minimum Gasteiger partial charge on any atom is -0.380 e. The largest absolute Gasteiger partial charge is 0.380 e. The van der Waals surface area contributed by atoms with E-state index in [0.29, 0.717) is 6.04 Å². The van der Waals surface area contributed by atoms with Crippen LogP contribution in [0.2, 0.25) is 0 Å². The molecule has 0 aromatic heterocycles. The van der Waals surface area contributed by atoms with Gasteiger partial charge in [0.05, 0.1) is 13.2 Å². The summed E-state index contributed by atoms with van der Waals surface area (Å²) in [5, 5.41) is 3.53. The maximum atomic E-state index is 5.52. The number of benzene rings is 1. The fourth-order valence-electron chi connectivity index (χ4n) is 2.76. The Morgan fingerprint density at radius 1 is 1.25 bits per heavy atom. The first-order valence-corrected chi connectivity index (χ1v) is 7.85. The Morgan fingerprint density at radius 2 is 2.05 bits per heavy atom. The minimum absolute atomic E-state index is 0.394. The number of fused-ring (bicyclic) bond motifs is 1. The SMILES string of the molecule is C=CCCOCCNC(C)c1ccc2c(c1)CCCC2. The van der Waals surface area contributed by atoms with E-state index in [0.717, 1.165) is 26.2 Å². The normalized spacial score (nSPS) is 15.7. The van der Waals surface area contributed by atoms with Gasteiger partial charge in [-0.3, -0.25) is 0 Å².